The highest BCUT2D eigenvalue weighted by Gasteiger charge is 2.18. The largest absolute Gasteiger partial charge is 0.351 e. The van der Waals surface area contributed by atoms with Crippen molar-refractivity contribution in [2.75, 3.05) is 0 Å². The van der Waals surface area contributed by atoms with Crippen LogP contribution in [0.2, 0.25) is 0 Å². The number of rotatable bonds is 4. The first-order valence-corrected chi connectivity index (χ1v) is 5.43. The van der Waals surface area contributed by atoms with Crippen molar-refractivity contribution in [2.45, 2.75) is 26.3 Å². The molecule has 0 saturated heterocycles. The zero-order chi connectivity index (χ0) is 12.3. The van der Waals surface area contributed by atoms with E-state index < -0.39 is 0 Å². The minimum absolute atomic E-state index is 0.152. The molecule has 2 N–H and O–H groups in total. The Balaban J connectivity index is 2.08. The van der Waals surface area contributed by atoms with E-state index in [1.54, 1.807) is 6.20 Å². The number of aromatic amines is 1. The number of imidazole rings is 1. The number of hydrogen-bond acceptors (Lipinski definition) is 4. The summed E-state index contributed by atoms with van der Waals surface area (Å²) >= 11 is 0. The van der Waals surface area contributed by atoms with Crippen molar-refractivity contribution in [3.63, 3.8) is 0 Å². The Kier molecular flexibility index (Phi) is 3.22. The Labute approximate surface area is 98.4 Å². The summed E-state index contributed by atoms with van der Waals surface area (Å²) < 4.78 is 4.79. The van der Waals surface area contributed by atoms with Crippen LogP contribution in [0.3, 0.4) is 0 Å². The van der Waals surface area contributed by atoms with Crippen LogP contribution in [0.5, 0.6) is 0 Å². The molecule has 17 heavy (non-hydrogen) atoms. The third-order valence-corrected chi connectivity index (χ3v) is 2.43. The Morgan fingerprint density at radius 3 is 3.00 bits per heavy atom. The quantitative estimate of drug-likeness (QED) is 0.841. The summed E-state index contributed by atoms with van der Waals surface area (Å²) in [4.78, 5) is 19.1. The number of aromatic nitrogens is 3. The lowest BCUT2D eigenvalue weighted by atomic mass is 10.2. The molecule has 2 aromatic rings. The predicted molar refractivity (Wildman–Crippen MR) is 60.3 cm³/mol. The predicted octanol–water partition coefficient (Wildman–Crippen LogP) is 1.59. The topological polar surface area (TPSA) is 83.8 Å². The maximum absolute atomic E-state index is 11.8. The minimum atomic E-state index is -0.289. The fourth-order valence-electron chi connectivity index (χ4n) is 1.54. The SMILES string of the molecule is CC[C@@H](NC(=O)c1ccno1)c1ncc(C)[nH]1. The molecule has 0 bridgehead atoms. The lowest BCUT2D eigenvalue weighted by Gasteiger charge is -2.13. The van der Waals surface area contributed by atoms with Gasteiger partial charge in [0, 0.05) is 18.0 Å². The summed E-state index contributed by atoms with van der Waals surface area (Å²) in [6, 6.07) is 1.37. The van der Waals surface area contributed by atoms with E-state index in [1.807, 2.05) is 13.8 Å². The molecule has 0 unspecified atom stereocenters. The van der Waals surface area contributed by atoms with Crippen LogP contribution in [0.1, 0.15) is 41.5 Å². The van der Waals surface area contributed by atoms with E-state index in [4.69, 9.17) is 4.52 Å². The van der Waals surface area contributed by atoms with Crippen molar-refractivity contribution in [1.82, 2.24) is 20.4 Å². The second-order valence-corrected chi connectivity index (χ2v) is 3.76. The molecule has 1 amide bonds. The molecule has 0 saturated carbocycles. The van der Waals surface area contributed by atoms with Gasteiger partial charge in [0.15, 0.2) is 0 Å². The van der Waals surface area contributed by atoms with Crippen molar-refractivity contribution in [2.24, 2.45) is 0 Å². The van der Waals surface area contributed by atoms with Gasteiger partial charge in [0.2, 0.25) is 5.76 Å². The first-order valence-electron chi connectivity index (χ1n) is 5.43. The molecule has 0 fully saturated rings. The molecule has 6 heteroatoms. The van der Waals surface area contributed by atoms with Gasteiger partial charge in [-0.15, -0.1) is 0 Å². The number of aryl methyl sites for hydroxylation is 1. The normalized spacial score (nSPS) is 12.4. The minimum Gasteiger partial charge on any atom is -0.351 e. The molecule has 2 heterocycles. The molecule has 0 radical (unpaired) electrons. The third-order valence-electron chi connectivity index (χ3n) is 2.43. The van der Waals surface area contributed by atoms with Gasteiger partial charge >= 0.3 is 0 Å². The molecule has 0 aliphatic heterocycles. The number of hydrogen-bond donors (Lipinski definition) is 2. The summed E-state index contributed by atoms with van der Waals surface area (Å²) in [7, 11) is 0. The van der Waals surface area contributed by atoms with Crippen LogP contribution in [-0.2, 0) is 0 Å². The van der Waals surface area contributed by atoms with Gasteiger partial charge in [-0.25, -0.2) is 4.98 Å². The molecule has 2 aromatic heterocycles. The van der Waals surface area contributed by atoms with Gasteiger partial charge in [-0.2, -0.15) is 0 Å². The molecular formula is C11H14N4O2. The van der Waals surface area contributed by atoms with Crippen molar-refractivity contribution in [1.29, 1.82) is 0 Å². The number of carbonyl (C=O) groups is 1. The number of carbonyl (C=O) groups excluding carboxylic acids is 1. The second-order valence-electron chi connectivity index (χ2n) is 3.76. The lowest BCUT2D eigenvalue weighted by Crippen LogP contribution is -2.28. The number of H-pyrrole nitrogens is 1. The number of nitrogens with one attached hydrogen (secondary N) is 2. The molecule has 0 aromatic carbocycles. The van der Waals surface area contributed by atoms with Crippen LogP contribution in [-0.4, -0.2) is 21.0 Å². The summed E-state index contributed by atoms with van der Waals surface area (Å²) in [5, 5.41) is 6.33. The van der Waals surface area contributed by atoms with Gasteiger partial charge < -0.3 is 14.8 Å². The summed E-state index contributed by atoms with van der Waals surface area (Å²) in [6.07, 6.45) is 3.92. The van der Waals surface area contributed by atoms with Crippen molar-refractivity contribution < 1.29 is 9.32 Å². The van der Waals surface area contributed by atoms with Gasteiger partial charge in [-0.1, -0.05) is 12.1 Å². The van der Waals surface area contributed by atoms with Gasteiger partial charge in [-0.05, 0) is 13.3 Å². The van der Waals surface area contributed by atoms with Crippen LogP contribution in [0.25, 0.3) is 0 Å². The van der Waals surface area contributed by atoms with Crippen LogP contribution >= 0.6 is 0 Å². The summed E-state index contributed by atoms with van der Waals surface area (Å²) in [5.74, 6) is 0.660. The van der Waals surface area contributed by atoms with Crippen LogP contribution < -0.4 is 5.32 Å². The van der Waals surface area contributed by atoms with E-state index >= 15 is 0 Å². The van der Waals surface area contributed by atoms with E-state index in [1.165, 1.54) is 12.3 Å². The smallest absolute Gasteiger partial charge is 0.290 e. The Morgan fingerprint density at radius 2 is 2.47 bits per heavy atom. The van der Waals surface area contributed by atoms with Crippen LogP contribution in [0.4, 0.5) is 0 Å². The van der Waals surface area contributed by atoms with E-state index in [0.29, 0.717) is 0 Å². The van der Waals surface area contributed by atoms with Gasteiger partial charge in [0.1, 0.15) is 5.82 Å². The molecule has 1 atom stereocenters. The van der Waals surface area contributed by atoms with E-state index in [9.17, 15) is 4.79 Å². The standard InChI is InChI=1S/C11H14N4O2/c1-3-8(10-12-6-7(2)14-10)15-11(16)9-4-5-13-17-9/h4-6,8H,3H2,1-2H3,(H,12,14)(H,15,16)/t8-/m1/s1. The average Bonchev–Trinajstić information content (AvgIpc) is 2.96. The van der Waals surface area contributed by atoms with E-state index in [-0.39, 0.29) is 17.7 Å². The number of amides is 1. The molecule has 90 valence electrons. The lowest BCUT2D eigenvalue weighted by molar-refractivity contribution is 0.0896. The van der Waals surface area contributed by atoms with Gasteiger partial charge in [-0.3, -0.25) is 4.79 Å². The van der Waals surface area contributed by atoms with Crippen molar-refractivity contribution in [3.05, 3.63) is 35.7 Å². The Morgan fingerprint density at radius 1 is 1.65 bits per heavy atom. The highest BCUT2D eigenvalue weighted by atomic mass is 16.5. The zero-order valence-corrected chi connectivity index (χ0v) is 9.73. The monoisotopic (exact) mass is 234 g/mol. The first kappa shape index (κ1) is 11.4. The van der Waals surface area contributed by atoms with Crippen LogP contribution in [0.15, 0.2) is 23.0 Å². The first-order chi connectivity index (χ1) is 8.20. The fourth-order valence-corrected chi connectivity index (χ4v) is 1.54. The Hall–Kier alpha value is -2.11. The molecule has 2 rings (SSSR count). The van der Waals surface area contributed by atoms with E-state index in [2.05, 4.69) is 20.4 Å². The summed E-state index contributed by atoms with van der Waals surface area (Å²) in [6.45, 7) is 3.89. The Bertz CT molecular complexity index is 489. The fraction of sp³-hybridized carbons (Fsp3) is 0.364. The molecule has 0 spiro atoms. The van der Waals surface area contributed by atoms with Gasteiger partial charge in [0.05, 0.1) is 12.2 Å². The van der Waals surface area contributed by atoms with E-state index in [0.717, 1.165) is 17.9 Å². The average molecular weight is 234 g/mol. The summed E-state index contributed by atoms with van der Waals surface area (Å²) in [5.41, 5.74) is 0.965. The molecule has 0 aliphatic carbocycles. The number of nitrogens with zero attached hydrogens (tertiary/aromatic N) is 2. The molecule has 6 nitrogen and oxygen atoms in total. The maximum Gasteiger partial charge on any atom is 0.290 e. The maximum atomic E-state index is 11.8. The second kappa shape index (κ2) is 4.82. The van der Waals surface area contributed by atoms with Crippen molar-refractivity contribution in [3.8, 4) is 0 Å². The van der Waals surface area contributed by atoms with Crippen LogP contribution in [0, 0.1) is 6.92 Å². The molecule has 0 aliphatic rings. The highest BCUT2D eigenvalue weighted by Crippen LogP contribution is 2.13. The zero-order valence-electron chi connectivity index (χ0n) is 9.73. The highest BCUT2D eigenvalue weighted by molar-refractivity contribution is 5.91. The third kappa shape index (κ3) is 2.52. The van der Waals surface area contributed by atoms with Crippen molar-refractivity contribution >= 4 is 5.91 Å². The molecular weight excluding hydrogens is 220 g/mol. The van der Waals surface area contributed by atoms with Gasteiger partial charge in [0.25, 0.3) is 5.91 Å².